The number of hydrogen-bond donors (Lipinski definition) is 3. The summed E-state index contributed by atoms with van der Waals surface area (Å²) in [6.45, 7) is 2.02. The number of alkyl halides is 2. The molecule has 0 spiro atoms. The number of amides is 1. The van der Waals surface area contributed by atoms with Crippen LogP contribution in [-0.2, 0) is 10.0 Å². The number of anilines is 1. The molecular formula is C15H21F2N3O3S. The molecule has 0 aromatic heterocycles. The van der Waals surface area contributed by atoms with Crippen LogP contribution in [0.25, 0.3) is 0 Å². The van der Waals surface area contributed by atoms with Crippen molar-refractivity contribution in [3.8, 4) is 0 Å². The molecule has 24 heavy (non-hydrogen) atoms. The Morgan fingerprint density at radius 3 is 2.38 bits per heavy atom. The number of sulfonamides is 1. The molecule has 1 amide bonds. The molecule has 134 valence electrons. The lowest BCUT2D eigenvalue weighted by atomic mass is 9.67. The van der Waals surface area contributed by atoms with Crippen molar-refractivity contribution in [1.82, 2.24) is 10.0 Å². The average molecular weight is 361 g/mol. The van der Waals surface area contributed by atoms with Crippen molar-refractivity contribution in [1.29, 1.82) is 0 Å². The number of carbonyl (C=O) groups excluding carboxylic acids is 1. The summed E-state index contributed by atoms with van der Waals surface area (Å²) in [7, 11) is -0.982. The third-order valence-electron chi connectivity index (χ3n) is 4.12. The first kappa shape index (κ1) is 18.6. The third-order valence-corrected chi connectivity index (χ3v) is 5.53. The van der Waals surface area contributed by atoms with Crippen molar-refractivity contribution in [3.05, 3.63) is 23.8 Å². The van der Waals surface area contributed by atoms with E-state index in [2.05, 4.69) is 15.4 Å². The van der Waals surface area contributed by atoms with Crippen LogP contribution in [0.5, 0.6) is 0 Å². The highest BCUT2D eigenvalue weighted by Crippen LogP contribution is 2.51. The molecule has 0 radical (unpaired) electrons. The third kappa shape index (κ3) is 3.84. The predicted molar refractivity (Wildman–Crippen MR) is 86.9 cm³/mol. The van der Waals surface area contributed by atoms with Gasteiger partial charge in [-0.25, -0.2) is 21.9 Å². The molecule has 0 aliphatic heterocycles. The van der Waals surface area contributed by atoms with E-state index in [0.29, 0.717) is 5.69 Å². The zero-order chi connectivity index (χ0) is 18.2. The van der Waals surface area contributed by atoms with Gasteiger partial charge in [-0.1, -0.05) is 6.92 Å². The van der Waals surface area contributed by atoms with Gasteiger partial charge < -0.3 is 10.6 Å². The fraction of sp³-hybridized carbons (Fsp3) is 0.533. The predicted octanol–water partition coefficient (Wildman–Crippen LogP) is 1.80. The Hall–Kier alpha value is -1.74. The van der Waals surface area contributed by atoms with Gasteiger partial charge in [-0.05, 0) is 30.7 Å². The van der Waals surface area contributed by atoms with Crippen molar-refractivity contribution >= 4 is 21.6 Å². The molecule has 6 nitrogen and oxygen atoms in total. The van der Waals surface area contributed by atoms with Gasteiger partial charge in [-0.3, -0.25) is 4.79 Å². The van der Waals surface area contributed by atoms with Gasteiger partial charge in [-0.2, -0.15) is 0 Å². The monoisotopic (exact) mass is 361 g/mol. The second-order valence-electron chi connectivity index (χ2n) is 6.37. The largest absolute Gasteiger partial charge is 0.384 e. The van der Waals surface area contributed by atoms with E-state index >= 15 is 0 Å². The maximum Gasteiger partial charge on any atom is 0.253 e. The first-order valence-corrected chi connectivity index (χ1v) is 8.92. The molecule has 2 rings (SSSR count). The Labute approximate surface area is 140 Å². The zero-order valence-corrected chi connectivity index (χ0v) is 14.6. The van der Waals surface area contributed by atoms with E-state index in [-0.39, 0.29) is 29.8 Å². The molecule has 1 fully saturated rings. The van der Waals surface area contributed by atoms with E-state index in [4.69, 9.17) is 0 Å². The Bertz CT molecular complexity index is 742. The number of carbonyl (C=O) groups is 1. The molecular weight excluding hydrogens is 340 g/mol. The molecule has 3 N–H and O–H groups in total. The maximum atomic E-state index is 13.1. The molecule has 1 aromatic carbocycles. The normalized spacial score (nSPS) is 18.5. The van der Waals surface area contributed by atoms with Crippen LogP contribution < -0.4 is 15.4 Å². The number of halogens is 2. The molecule has 0 unspecified atom stereocenters. The molecule has 0 saturated heterocycles. The van der Waals surface area contributed by atoms with E-state index in [9.17, 15) is 22.0 Å². The number of benzene rings is 1. The molecule has 1 aliphatic carbocycles. The van der Waals surface area contributed by atoms with E-state index in [1.165, 1.54) is 32.3 Å². The number of rotatable bonds is 6. The second-order valence-corrected chi connectivity index (χ2v) is 8.25. The standard InChI is InChI=1S/C15H21F2N3O3S/c1-14(7-15(16,17)8-14)9-20-12-5-4-10(24(22,23)19-3)6-11(12)13(21)18-2/h4-6,19-20H,7-9H2,1-3H3,(H,18,21). The van der Waals surface area contributed by atoms with Gasteiger partial charge in [0.25, 0.3) is 5.91 Å². The topological polar surface area (TPSA) is 87.3 Å². The van der Waals surface area contributed by atoms with Gasteiger partial charge in [0, 0.05) is 32.1 Å². The molecule has 1 aromatic rings. The highest BCUT2D eigenvalue weighted by molar-refractivity contribution is 7.89. The summed E-state index contributed by atoms with van der Waals surface area (Å²) in [6.07, 6.45) is -0.428. The van der Waals surface area contributed by atoms with E-state index in [1.54, 1.807) is 6.92 Å². The lowest BCUT2D eigenvalue weighted by molar-refractivity contribution is -0.148. The summed E-state index contributed by atoms with van der Waals surface area (Å²) in [5.74, 6) is -3.10. The minimum Gasteiger partial charge on any atom is -0.384 e. The van der Waals surface area contributed by atoms with Gasteiger partial charge in [0.1, 0.15) is 0 Å². The van der Waals surface area contributed by atoms with Crippen LogP contribution in [0.1, 0.15) is 30.1 Å². The van der Waals surface area contributed by atoms with Gasteiger partial charge in [0.2, 0.25) is 15.9 Å². The summed E-state index contributed by atoms with van der Waals surface area (Å²) in [6, 6.07) is 4.08. The molecule has 0 atom stereocenters. The lowest BCUT2D eigenvalue weighted by Crippen LogP contribution is -2.48. The Morgan fingerprint density at radius 1 is 1.25 bits per heavy atom. The van der Waals surface area contributed by atoms with Crippen LogP contribution >= 0.6 is 0 Å². The Kier molecular flexibility index (Phi) is 4.87. The lowest BCUT2D eigenvalue weighted by Gasteiger charge is -2.45. The highest BCUT2D eigenvalue weighted by Gasteiger charge is 2.53. The smallest absolute Gasteiger partial charge is 0.253 e. The van der Waals surface area contributed by atoms with E-state index in [1.807, 2.05) is 0 Å². The van der Waals surface area contributed by atoms with Gasteiger partial charge in [0.05, 0.1) is 10.5 Å². The first-order valence-electron chi connectivity index (χ1n) is 7.43. The fourth-order valence-corrected chi connectivity index (χ4v) is 3.67. The van der Waals surface area contributed by atoms with Gasteiger partial charge >= 0.3 is 0 Å². The summed E-state index contributed by atoms with van der Waals surface area (Å²) in [4.78, 5) is 12.0. The van der Waals surface area contributed by atoms with Crippen molar-refractivity contribution in [2.45, 2.75) is 30.6 Å². The number of hydrogen-bond acceptors (Lipinski definition) is 4. The van der Waals surface area contributed by atoms with Crippen LogP contribution in [0.15, 0.2) is 23.1 Å². The SMILES string of the molecule is CNC(=O)c1cc(S(=O)(=O)NC)ccc1NCC1(C)CC(F)(F)C1. The summed E-state index contributed by atoms with van der Waals surface area (Å²) in [5.41, 5.74) is -0.0107. The zero-order valence-electron chi connectivity index (χ0n) is 13.7. The van der Waals surface area contributed by atoms with Crippen molar-refractivity contribution < 1.29 is 22.0 Å². The average Bonchev–Trinajstić information content (AvgIpc) is 2.50. The van der Waals surface area contributed by atoms with Crippen LogP contribution in [-0.4, -0.2) is 40.9 Å². The summed E-state index contributed by atoms with van der Waals surface area (Å²) in [5, 5.41) is 5.44. The minimum absolute atomic E-state index is 0.0458. The van der Waals surface area contributed by atoms with Crippen LogP contribution in [0.3, 0.4) is 0 Å². The van der Waals surface area contributed by atoms with Crippen molar-refractivity contribution in [2.75, 3.05) is 26.0 Å². The second kappa shape index (κ2) is 6.29. The maximum absolute atomic E-state index is 13.1. The Morgan fingerprint density at radius 2 is 1.88 bits per heavy atom. The molecule has 1 aliphatic rings. The van der Waals surface area contributed by atoms with Crippen molar-refractivity contribution in [3.63, 3.8) is 0 Å². The highest BCUT2D eigenvalue weighted by atomic mass is 32.2. The van der Waals surface area contributed by atoms with Gasteiger partial charge in [-0.15, -0.1) is 0 Å². The Balaban J connectivity index is 2.25. The molecule has 9 heteroatoms. The van der Waals surface area contributed by atoms with Crippen LogP contribution in [0.4, 0.5) is 14.5 Å². The summed E-state index contributed by atoms with van der Waals surface area (Å²) < 4.78 is 52.1. The quantitative estimate of drug-likeness (QED) is 0.721. The number of nitrogens with one attached hydrogen (secondary N) is 3. The van der Waals surface area contributed by atoms with Crippen LogP contribution in [0.2, 0.25) is 0 Å². The fourth-order valence-electron chi connectivity index (χ4n) is 2.92. The van der Waals surface area contributed by atoms with E-state index in [0.717, 1.165) is 0 Å². The van der Waals surface area contributed by atoms with Crippen LogP contribution in [0, 0.1) is 5.41 Å². The van der Waals surface area contributed by atoms with E-state index < -0.39 is 27.3 Å². The first-order chi connectivity index (χ1) is 11.0. The molecule has 0 bridgehead atoms. The van der Waals surface area contributed by atoms with Crippen molar-refractivity contribution in [2.24, 2.45) is 5.41 Å². The minimum atomic E-state index is -3.69. The molecule has 0 heterocycles. The molecule has 1 saturated carbocycles. The van der Waals surface area contributed by atoms with Gasteiger partial charge in [0.15, 0.2) is 0 Å². The summed E-state index contributed by atoms with van der Waals surface area (Å²) >= 11 is 0.